The second-order valence-corrected chi connectivity index (χ2v) is 4.82. The van der Waals surface area contributed by atoms with Crippen LogP contribution < -0.4 is 16.2 Å². The summed E-state index contributed by atoms with van der Waals surface area (Å²) in [5, 5.41) is 12.1. The van der Waals surface area contributed by atoms with Crippen LogP contribution >= 0.6 is 0 Å². The first-order valence-corrected chi connectivity index (χ1v) is 6.48. The molecule has 1 heterocycles. The van der Waals surface area contributed by atoms with Crippen molar-refractivity contribution in [3.05, 3.63) is 29.8 Å². The van der Waals surface area contributed by atoms with E-state index in [1.54, 1.807) is 0 Å². The summed E-state index contributed by atoms with van der Waals surface area (Å²) in [6, 6.07) is 4.22. The van der Waals surface area contributed by atoms with E-state index < -0.39 is 35.6 Å². The van der Waals surface area contributed by atoms with Gasteiger partial charge in [-0.2, -0.15) is 13.2 Å². The van der Waals surface area contributed by atoms with E-state index in [1.807, 2.05) is 0 Å². The maximum Gasteiger partial charge on any atom is 0.416 e. The molecule has 2 amide bonds. The summed E-state index contributed by atoms with van der Waals surface area (Å²) in [6.07, 6.45) is -5.40. The van der Waals surface area contributed by atoms with Gasteiger partial charge in [-0.1, -0.05) is 6.07 Å². The van der Waals surface area contributed by atoms with Crippen LogP contribution in [0.2, 0.25) is 0 Å². The van der Waals surface area contributed by atoms with Crippen molar-refractivity contribution in [3.8, 4) is 0 Å². The highest BCUT2D eigenvalue weighted by atomic mass is 19.4. The molecule has 9 heteroatoms. The Hall–Kier alpha value is -2.29. The summed E-state index contributed by atoms with van der Waals surface area (Å²) >= 11 is 0. The van der Waals surface area contributed by atoms with Crippen LogP contribution in [0.4, 0.5) is 18.9 Å². The van der Waals surface area contributed by atoms with E-state index in [4.69, 9.17) is 0 Å². The molecule has 6 nitrogen and oxygen atoms in total. The van der Waals surface area contributed by atoms with Gasteiger partial charge in [0.1, 0.15) is 5.92 Å². The first kappa shape index (κ1) is 16.1. The van der Waals surface area contributed by atoms with E-state index in [0.717, 1.165) is 12.1 Å². The van der Waals surface area contributed by atoms with Crippen LogP contribution in [0.1, 0.15) is 12.0 Å². The summed E-state index contributed by atoms with van der Waals surface area (Å²) in [6.45, 7) is 0.269. The smallest absolute Gasteiger partial charge is 0.392 e. The van der Waals surface area contributed by atoms with E-state index in [0.29, 0.717) is 0 Å². The van der Waals surface area contributed by atoms with Gasteiger partial charge in [-0.3, -0.25) is 20.4 Å². The summed E-state index contributed by atoms with van der Waals surface area (Å²) < 4.78 is 37.7. The fraction of sp³-hybridized carbons (Fsp3) is 0.385. The maximum atomic E-state index is 12.6. The number of hydrogen-bond donors (Lipinski definition) is 4. The Morgan fingerprint density at radius 1 is 1.36 bits per heavy atom. The van der Waals surface area contributed by atoms with Crippen LogP contribution in [0, 0.1) is 5.92 Å². The third-order valence-electron chi connectivity index (χ3n) is 3.21. The maximum absolute atomic E-state index is 12.6. The lowest BCUT2D eigenvalue weighted by Crippen LogP contribution is -2.52. The van der Waals surface area contributed by atoms with Gasteiger partial charge in [0.2, 0.25) is 5.91 Å². The van der Waals surface area contributed by atoms with Crippen molar-refractivity contribution in [1.82, 2.24) is 10.7 Å². The molecule has 0 spiro atoms. The number of amides is 2. The summed E-state index contributed by atoms with van der Waals surface area (Å²) in [7, 11) is 0. The number of piperidine rings is 1. The average molecular weight is 317 g/mol. The number of rotatable bonds is 3. The molecule has 0 saturated carbocycles. The third-order valence-corrected chi connectivity index (χ3v) is 3.21. The zero-order valence-electron chi connectivity index (χ0n) is 11.3. The summed E-state index contributed by atoms with van der Waals surface area (Å²) in [4.78, 5) is 23.4. The molecule has 22 heavy (non-hydrogen) atoms. The van der Waals surface area contributed by atoms with Gasteiger partial charge in [0.15, 0.2) is 0 Å². The quantitative estimate of drug-likeness (QED) is 0.487. The predicted molar refractivity (Wildman–Crippen MR) is 70.3 cm³/mol. The monoisotopic (exact) mass is 317 g/mol. The third kappa shape index (κ3) is 3.67. The highest BCUT2D eigenvalue weighted by Gasteiger charge is 2.36. The van der Waals surface area contributed by atoms with Crippen molar-refractivity contribution in [2.75, 3.05) is 12.0 Å². The fourth-order valence-electron chi connectivity index (χ4n) is 2.07. The molecule has 4 N–H and O–H groups in total. The number of aliphatic hydroxyl groups is 1. The minimum absolute atomic E-state index is 0.00822. The Labute approximate surface area is 123 Å². The fourth-order valence-corrected chi connectivity index (χ4v) is 2.07. The summed E-state index contributed by atoms with van der Waals surface area (Å²) in [5.41, 5.74) is 3.57. The van der Waals surface area contributed by atoms with Gasteiger partial charge in [-0.25, -0.2) is 0 Å². The molecule has 1 saturated heterocycles. The number of hydrazine groups is 1. The lowest BCUT2D eigenvalue weighted by Gasteiger charge is -2.26. The van der Waals surface area contributed by atoms with Crippen molar-refractivity contribution in [2.24, 2.45) is 5.92 Å². The lowest BCUT2D eigenvalue weighted by molar-refractivity contribution is -0.142. The van der Waals surface area contributed by atoms with E-state index in [-0.39, 0.29) is 18.7 Å². The van der Waals surface area contributed by atoms with Gasteiger partial charge in [-0.15, -0.1) is 0 Å². The van der Waals surface area contributed by atoms with Crippen LogP contribution in [0.5, 0.6) is 0 Å². The molecule has 0 radical (unpaired) electrons. The molecule has 0 aromatic heterocycles. The molecule has 2 rings (SSSR count). The average Bonchev–Trinajstić information content (AvgIpc) is 2.44. The van der Waals surface area contributed by atoms with Crippen molar-refractivity contribution in [1.29, 1.82) is 0 Å². The van der Waals surface area contributed by atoms with Crippen LogP contribution in [0.15, 0.2) is 24.3 Å². The molecule has 1 aliphatic heterocycles. The minimum atomic E-state index is -4.50. The van der Waals surface area contributed by atoms with E-state index in [1.165, 1.54) is 12.1 Å². The van der Waals surface area contributed by atoms with Crippen LogP contribution in [-0.4, -0.2) is 29.6 Å². The number of anilines is 1. The van der Waals surface area contributed by atoms with E-state index in [2.05, 4.69) is 16.2 Å². The van der Waals surface area contributed by atoms with Gasteiger partial charge >= 0.3 is 6.18 Å². The molecule has 1 aromatic rings. The lowest BCUT2D eigenvalue weighted by atomic mass is 9.95. The molecule has 120 valence electrons. The molecule has 2 unspecified atom stereocenters. The van der Waals surface area contributed by atoms with Gasteiger partial charge in [0, 0.05) is 6.54 Å². The zero-order valence-corrected chi connectivity index (χ0v) is 11.3. The molecular weight excluding hydrogens is 303 g/mol. The first-order chi connectivity index (χ1) is 10.3. The Kier molecular flexibility index (Phi) is 4.55. The number of hydrogen-bond acceptors (Lipinski definition) is 4. The van der Waals surface area contributed by atoms with Crippen molar-refractivity contribution < 1.29 is 27.9 Å². The highest BCUT2D eigenvalue weighted by Crippen LogP contribution is 2.30. The van der Waals surface area contributed by atoms with Gasteiger partial charge in [0.25, 0.3) is 5.91 Å². The Morgan fingerprint density at radius 3 is 2.73 bits per heavy atom. The van der Waals surface area contributed by atoms with Gasteiger partial charge in [-0.05, 0) is 24.6 Å². The predicted octanol–water partition coefficient (Wildman–Crippen LogP) is 0.646. The van der Waals surface area contributed by atoms with Crippen molar-refractivity contribution in [2.45, 2.75) is 18.7 Å². The second-order valence-electron chi connectivity index (χ2n) is 4.82. The van der Waals surface area contributed by atoms with E-state index >= 15 is 0 Å². The number of aliphatic hydroxyl groups excluding tert-OH is 1. The Bertz CT molecular complexity index is 577. The molecule has 0 aliphatic carbocycles. The highest BCUT2D eigenvalue weighted by molar-refractivity contribution is 6.01. The molecule has 1 aliphatic rings. The van der Waals surface area contributed by atoms with Crippen LogP contribution in [0.25, 0.3) is 0 Å². The molecule has 1 fully saturated rings. The van der Waals surface area contributed by atoms with Crippen LogP contribution in [0.3, 0.4) is 0 Å². The number of carbonyl (C=O) groups is 2. The molecule has 2 atom stereocenters. The Morgan fingerprint density at radius 2 is 2.09 bits per heavy atom. The number of nitrogens with one attached hydrogen (secondary N) is 3. The van der Waals surface area contributed by atoms with Crippen LogP contribution in [-0.2, 0) is 15.8 Å². The summed E-state index contributed by atoms with van der Waals surface area (Å²) in [5.74, 6) is -2.74. The van der Waals surface area contributed by atoms with Crippen molar-refractivity contribution >= 4 is 17.5 Å². The largest absolute Gasteiger partial charge is 0.416 e. The van der Waals surface area contributed by atoms with Gasteiger partial charge < -0.3 is 10.4 Å². The molecular formula is C13H14F3N3O3. The Balaban J connectivity index is 2.00. The standard InChI is InChI=1S/C13H14F3N3O3/c14-13(15,16)7-2-1-3-8(6-7)18-19-12(22)10-9(20)4-5-17-11(10)21/h1-3,6,9-10,18,20H,4-5H2,(H,17,21)(H,19,22). The molecule has 1 aromatic carbocycles. The number of alkyl halides is 3. The topological polar surface area (TPSA) is 90.5 Å². The SMILES string of the molecule is O=C1NCCC(O)C1C(=O)NNc1cccc(C(F)(F)F)c1. The van der Waals surface area contributed by atoms with Crippen molar-refractivity contribution in [3.63, 3.8) is 0 Å². The molecule has 0 bridgehead atoms. The van der Waals surface area contributed by atoms with E-state index in [9.17, 15) is 27.9 Å². The zero-order chi connectivity index (χ0) is 16.3. The number of carbonyl (C=O) groups excluding carboxylic acids is 2. The minimum Gasteiger partial charge on any atom is -0.392 e. The number of benzene rings is 1. The van der Waals surface area contributed by atoms with Gasteiger partial charge in [0.05, 0.1) is 17.4 Å². The number of halogens is 3. The normalized spacial score (nSPS) is 21.9. The first-order valence-electron chi connectivity index (χ1n) is 6.48. The second kappa shape index (κ2) is 6.22.